The van der Waals surface area contributed by atoms with Crippen molar-refractivity contribution < 1.29 is 0 Å². The topological polar surface area (TPSA) is 23.9 Å². The molecule has 0 fully saturated rings. The van der Waals surface area contributed by atoms with Gasteiger partial charge in [-0.15, -0.1) is 11.3 Å². The Bertz CT molecular complexity index is 189. The van der Waals surface area contributed by atoms with E-state index in [2.05, 4.69) is 0 Å². The van der Waals surface area contributed by atoms with Gasteiger partial charge in [0.25, 0.3) is 0 Å². The standard InChI is InChI=1S/C7H9NS/c1-2-6(8)7-4-3-5-9-7/h3-5,8H,2H2,1H3. The number of thiophene rings is 1. The molecule has 0 saturated heterocycles. The highest BCUT2D eigenvalue weighted by Crippen LogP contribution is 2.10. The minimum Gasteiger partial charge on any atom is -0.304 e. The lowest BCUT2D eigenvalue weighted by Crippen LogP contribution is -1.90. The van der Waals surface area contributed by atoms with Crippen LogP contribution in [0.25, 0.3) is 0 Å². The number of rotatable bonds is 2. The van der Waals surface area contributed by atoms with Crippen LogP contribution in [0.2, 0.25) is 0 Å². The minimum absolute atomic E-state index is 0.741. The maximum absolute atomic E-state index is 7.41. The molecule has 0 aromatic carbocycles. The van der Waals surface area contributed by atoms with Crippen LogP contribution in [0.3, 0.4) is 0 Å². The Kier molecular flexibility index (Phi) is 2.01. The van der Waals surface area contributed by atoms with Gasteiger partial charge in [0.05, 0.1) is 0 Å². The fourth-order valence-corrected chi connectivity index (χ4v) is 1.37. The van der Waals surface area contributed by atoms with Crippen molar-refractivity contribution in [2.45, 2.75) is 13.3 Å². The summed E-state index contributed by atoms with van der Waals surface area (Å²) in [5.41, 5.74) is 0.741. The van der Waals surface area contributed by atoms with E-state index < -0.39 is 0 Å². The fourth-order valence-electron chi connectivity index (χ4n) is 0.625. The molecular weight excluding hydrogens is 130 g/mol. The van der Waals surface area contributed by atoms with Crippen LogP contribution in [0.1, 0.15) is 18.2 Å². The SMILES string of the molecule is CCC(=N)c1cccs1. The van der Waals surface area contributed by atoms with Crippen molar-refractivity contribution in [1.82, 2.24) is 0 Å². The number of hydrogen-bond acceptors (Lipinski definition) is 2. The molecule has 2 heteroatoms. The molecule has 1 rings (SSSR count). The predicted molar refractivity (Wildman–Crippen MR) is 41.4 cm³/mol. The monoisotopic (exact) mass is 139 g/mol. The molecule has 1 nitrogen and oxygen atoms in total. The lowest BCUT2D eigenvalue weighted by atomic mass is 10.2. The Morgan fingerprint density at radius 3 is 3.00 bits per heavy atom. The summed E-state index contributed by atoms with van der Waals surface area (Å²) in [5, 5.41) is 9.41. The van der Waals surface area contributed by atoms with E-state index in [1.54, 1.807) is 11.3 Å². The zero-order valence-electron chi connectivity index (χ0n) is 5.35. The first-order valence-electron chi connectivity index (χ1n) is 2.96. The smallest absolute Gasteiger partial charge is 0.0483 e. The first-order valence-corrected chi connectivity index (χ1v) is 3.84. The molecule has 0 aliphatic rings. The van der Waals surface area contributed by atoms with Gasteiger partial charge in [-0.2, -0.15) is 0 Å². The van der Waals surface area contributed by atoms with Gasteiger partial charge in [0.2, 0.25) is 0 Å². The number of hydrogen-bond donors (Lipinski definition) is 1. The highest BCUT2D eigenvalue weighted by atomic mass is 32.1. The Hall–Kier alpha value is -0.630. The van der Waals surface area contributed by atoms with Crippen LogP contribution in [0, 0.1) is 5.41 Å². The van der Waals surface area contributed by atoms with Gasteiger partial charge in [0.1, 0.15) is 0 Å². The average molecular weight is 139 g/mol. The van der Waals surface area contributed by atoms with Gasteiger partial charge in [-0.3, -0.25) is 0 Å². The summed E-state index contributed by atoms with van der Waals surface area (Å²) in [6.45, 7) is 2.00. The molecule has 0 spiro atoms. The van der Waals surface area contributed by atoms with Gasteiger partial charge < -0.3 is 5.41 Å². The Balaban J connectivity index is 2.77. The van der Waals surface area contributed by atoms with Crippen molar-refractivity contribution in [2.24, 2.45) is 0 Å². The van der Waals surface area contributed by atoms with Crippen molar-refractivity contribution in [2.75, 3.05) is 0 Å². The van der Waals surface area contributed by atoms with Gasteiger partial charge in [-0.1, -0.05) is 13.0 Å². The van der Waals surface area contributed by atoms with E-state index in [0.717, 1.165) is 17.0 Å². The molecule has 1 heterocycles. The molecule has 0 unspecified atom stereocenters. The lowest BCUT2D eigenvalue weighted by molar-refractivity contribution is 1.25. The zero-order valence-corrected chi connectivity index (χ0v) is 6.16. The van der Waals surface area contributed by atoms with Crippen molar-refractivity contribution in [3.63, 3.8) is 0 Å². The van der Waals surface area contributed by atoms with E-state index in [4.69, 9.17) is 5.41 Å². The normalized spacial score (nSPS) is 9.44. The second kappa shape index (κ2) is 2.78. The molecule has 0 aliphatic carbocycles. The number of nitrogens with one attached hydrogen (secondary N) is 1. The minimum atomic E-state index is 0.741. The summed E-state index contributed by atoms with van der Waals surface area (Å²) in [7, 11) is 0. The summed E-state index contributed by atoms with van der Waals surface area (Å²) < 4.78 is 0. The predicted octanol–water partition coefficient (Wildman–Crippen LogP) is 2.53. The van der Waals surface area contributed by atoms with Crippen LogP contribution in [0.4, 0.5) is 0 Å². The van der Waals surface area contributed by atoms with Crippen LogP contribution in [-0.4, -0.2) is 5.71 Å². The third-order valence-electron chi connectivity index (χ3n) is 1.17. The Labute approximate surface area is 58.9 Å². The molecule has 0 aliphatic heterocycles. The van der Waals surface area contributed by atoms with Crippen molar-refractivity contribution in [1.29, 1.82) is 5.41 Å². The van der Waals surface area contributed by atoms with E-state index in [-0.39, 0.29) is 0 Å². The molecule has 48 valence electrons. The Morgan fingerprint density at radius 1 is 1.78 bits per heavy atom. The largest absolute Gasteiger partial charge is 0.304 e. The quantitative estimate of drug-likeness (QED) is 0.609. The van der Waals surface area contributed by atoms with Crippen molar-refractivity contribution in [3.8, 4) is 0 Å². The first kappa shape index (κ1) is 6.49. The molecule has 0 saturated carbocycles. The molecule has 0 bridgehead atoms. The molecule has 0 amide bonds. The molecule has 1 aromatic rings. The van der Waals surface area contributed by atoms with Crippen molar-refractivity contribution >= 4 is 17.0 Å². The Morgan fingerprint density at radius 2 is 2.56 bits per heavy atom. The van der Waals surface area contributed by atoms with Crippen LogP contribution < -0.4 is 0 Å². The molecule has 9 heavy (non-hydrogen) atoms. The van der Waals surface area contributed by atoms with E-state index >= 15 is 0 Å². The summed E-state index contributed by atoms with van der Waals surface area (Å²) >= 11 is 1.63. The van der Waals surface area contributed by atoms with E-state index in [1.165, 1.54) is 0 Å². The highest BCUT2D eigenvalue weighted by Gasteiger charge is 1.96. The van der Waals surface area contributed by atoms with Crippen LogP contribution in [0.5, 0.6) is 0 Å². The zero-order chi connectivity index (χ0) is 6.69. The van der Waals surface area contributed by atoms with Gasteiger partial charge >= 0.3 is 0 Å². The summed E-state index contributed by atoms with van der Waals surface area (Å²) in [5.74, 6) is 0. The molecular formula is C7H9NS. The van der Waals surface area contributed by atoms with Crippen LogP contribution in [-0.2, 0) is 0 Å². The van der Waals surface area contributed by atoms with E-state index in [0.29, 0.717) is 0 Å². The summed E-state index contributed by atoms with van der Waals surface area (Å²) in [6.07, 6.45) is 0.834. The third-order valence-corrected chi connectivity index (χ3v) is 2.10. The second-order valence-electron chi connectivity index (χ2n) is 1.81. The van der Waals surface area contributed by atoms with Gasteiger partial charge in [0.15, 0.2) is 0 Å². The maximum Gasteiger partial charge on any atom is 0.0483 e. The first-order chi connectivity index (χ1) is 4.34. The van der Waals surface area contributed by atoms with E-state index in [9.17, 15) is 0 Å². The molecule has 1 aromatic heterocycles. The fraction of sp³-hybridized carbons (Fsp3) is 0.286. The van der Waals surface area contributed by atoms with Gasteiger partial charge in [-0.05, 0) is 17.9 Å². The molecule has 0 atom stereocenters. The third kappa shape index (κ3) is 1.39. The summed E-state index contributed by atoms with van der Waals surface area (Å²) in [6, 6.07) is 3.96. The van der Waals surface area contributed by atoms with Crippen molar-refractivity contribution in [3.05, 3.63) is 22.4 Å². The molecule has 0 radical (unpaired) electrons. The molecule has 1 N–H and O–H groups in total. The lowest BCUT2D eigenvalue weighted by Gasteiger charge is -1.91. The van der Waals surface area contributed by atoms with E-state index in [1.807, 2.05) is 24.4 Å². The van der Waals surface area contributed by atoms with Gasteiger partial charge in [0, 0.05) is 10.6 Å². The highest BCUT2D eigenvalue weighted by molar-refractivity contribution is 7.12. The van der Waals surface area contributed by atoms with Crippen LogP contribution in [0.15, 0.2) is 17.5 Å². The van der Waals surface area contributed by atoms with Gasteiger partial charge in [-0.25, -0.2) is 0 Å². The average Bonchev–Trinajstić information content (AvgIpc) is 2.37. The van der Waals surface area contributed by atoms with Crippen LogP contribution >= 0.6 is 11.3 Å². The second-order valence-corrected chi connectivity index (χ2v) is 2.76. The maximum atomic E-state index is 7.41. The summed E-state index contributed by atoms with van der Waals surface area (Å²) in [4.78, 5) is 1.09.